The molecule has 1 amide bonds. The van der Waals surface area contributed by atoms with E-state index >= 15 is 0 Å². The number of carbonyl (C=O) groups is 1. The average molecular weight is 393 g/mol. The van der Waals surface area contributed by atoms with Crippen LogP contribution in [0.25, 0.3) is 17.4 Å². The number of rotatable bonds is 4. The fourth-order valence-corrected chi connectivity index (χ4v) is 4.01. The third-order valence-corrected chi connectivity index (χ3v) is 5.47. The van der Waals surface area contributed by atoms with E-state index in [-0.39, 0.29) is 11.7 Å². The van der Waals surface area contributed by atoms with Crippen LogP contribution in [0.15, 0.2) is 76.1 Å². The predicted molar refractivity (Wildman–Crippen MR) is 111 cm³/mol. The summed E-state index contributed by atoms with van der Waals surface area (Å²) in [5.74, 6) is 1.24. The van der Waals surface area contributed by atoms with Crippen molar-refractivity contribution in [1.29, 1.82) is 0 Å². The standard InChI is InChI=1S/C21H15NO3S2/c23-16-8-4-7-15(11-16)18-10-9-17(25-18)12-19-20(24)22(21(26)27-19)13-14-5-2-1-3-6-14/h1-12,23H,13H2/b19-12+. The zero-order valence-corrected chi connectivity index (χ0v) is 15.8. The van der Waals surface area contributed by atoms with Crippen LogP contribution in [-0.4, -0.2) is 20.2 Å². The predicted octanol–water partition coefficient (Wildman–Crippen LogP) is 5.05. The summed E-state index contributed by atoms with van der Waals surface area (Å²) in [6, 6.07) is 20.2. The van der Waals surface area contributed by atoms with Gasteiger partial charge < -0.3 is 9.52 Å². The summed E-state index contributed by atoms with van der Waals surface area (Å²) in [7, 11) is 0. The Morgan fingerprint density at radius 2 is 1.89 bits per heavy atom. The van der Waals surface area contributed by atoms with E-state index in [0.717, 1.165) is 11.1 Å². The molecule has 0 bridgehead atoms. The summed E-state index contributed by atoms with van der Waals surface area (Å²) in [5.41, 5.74) is 1.80. The van der Waals surface area contributed by atoms with Crippen molar-refractivity contribution in [1.82, 2.24) is 4.90 Å². The van der Waals surface area contributed by atoms with Crippen molar-refractivity contribution in [3.8, 4) is 17.1 Å². The molecule has 0 spiro atoms. The Morgan fingerprint density at radius 3 is 2.67 bits per heavy atom. The van der Waals surface area contributed by atoms with Crippen LogP contribution in [0.1, 0.15) is 11.3 Å². The quantitative estimate of drug-likeness (QED) is 0.496. The number of hydrogen-bond donors (Lipinski definition) is 1. The molecule has 2 aromatic carbocycles. The second-order valence-corrected chi connectivity index (χ2v) is 7.68. The molecule has 6 heteroatoms. The molecule has 4 rings (SSSR count). The van der Waals surface area contributed by atoms with Gasteiger partial charge in [-0.2, -0.15) is 0 Å². The Hall–Kier alpha value is -2.83. The topological polar surface area (TPSA) is 53.7 Å². The summed E-state index contributed by atoms with van der Waals surface area (Å²) in [4.78, 5) is 14.9. The van der Waals surface area contributed by atoms with Crippen LogP contribution in [0, 0.1) is 0 Å². The minimum atomic E-state index is -0.121. The van der Waals surface area contributed by atoms with E-state index in [0.29, 0.717) is 27.3 Å². The molecule has 0 atom stereocenters. The lowest BCUT2D eigenvalue weighted by atomic mass is 10.2. The van der Waals surface area contributed by atoms with Crippen molar-refractivity contribution in [2.24, 2.45) is 0 Å². The molecule has 27 heavy (non-hydrogen) atoms. The van der Waals surface area contributed by atoms with Gasteiger partial charge in [0.05, 0.1) is 11.4 Å². The highest BCUT2D eigenvalue weighted by atomic mass is 32.2. The highest BCUT2D eigenvalue weighted by Crippen LogP contribution is 2.34. The highest BCUT2D eigenvalue weighted by molar-refractivity contribution is 8.26. The third kappa shape index (κ3) is 3.82. The normalized spacial score (nSPS) is 15.7. The molecule has 1 fully saturated rings. The number of nitrogens with zero attached hydrogens (tertiary/aromatic N) is 1. The van der Waals surface area contributed by atoms with Crippen molar-refractivity contribution in [3.05, 3.63) is 83.0 Å². The van der Waals surface area contributed by atoms with Crippen molar-refractivity contribution >= 4 is 40.3 Å². The van der Waals surface area contributed by atoms with E-state index in [1.54, 1.807) is 35.2 Å². The Balaban J connectivity index is 1.54. The number of benzene rings is 2. The zero-order chi connectivity index (χ0) is 18.8. The van der Waals surface area contributed by atoms with Gasteiger partial charge in [0.1, 0.15) is 21.6 Å². The maximum atomic E-state index is 12.7. The SMILES string of the molecule is O=C1/C(=C\c2ccc(-c3cccc(O)c3)o2)SC(=S)N1Cc1ccccc1. The first-order chi connectivity index (χ1) is 13.1. The molecule has 0 unspecified atom stereocenters. The van der Waals surface area contributed by atoms with E-state index in [1.807, 2.05) is 42.5 Å². The van der Waals surface area contributed by atoms with Crippen LogP contribution in [0.4, 0.5) is 0 Å². The van der Waals surface area contributed by atoms with Crippen LogP contribution >= 0.6 is 24.0 Å². The summed E-state index contributed by atoms with van der Waals surface area (Å²) >= 11 is 6.65. The Kier molecular flexibility index (Phi) is 4.83. The smallest absolute Gasteiger partial charge is 0.266 e. The maximum Gasteiger partial charge on any atom is 0.266 e. The molecule has 1 aliphatic rings. The summed E-state index contributed by atoms with van der Waals surface area (Å²) in [6.07, 6.45) is 1.70. The molecule has 4 nitrogen and oxygen atoms in total. The number of carbonyl (C=O) groups excluding carboxylic acids is 1. The van der Waals surface area contributed by atoms with Gasteiger partial charge in [-0.3, -0.25) is 9.69 Å². The van der Waals surface area contributed by atoms with Gasteiger partial charge in [-0.15, -0.1) is 0 Å². The van der Waals surface area contributed by atoms with Gasteiger partial charge in [-0.05, 0) is 29.8 Å². The third-order valence-electron chi connectivity index (χ3n) is 4.09. The van der Waals surface area contributed by atoms with Gasteiger partial charge in [-0.25, -0.2) is 0 Å². The molecular weight excluding hydrogens is 378 g/mol. The fourth-order valence-electron chi connectivity index (χ4n) is 2.78. The molecule has 0 radical (unpaired) electrons. The van der Waals surface area contributed by atoms with Crippen molar-refractivity contribution in [3.63, 3.8) is 0 Å². The van der Waals surface area contributed by atoms with E-state index < -0.39 is 0 Å². The summed E-state index contributed by atoms with van der Waals surface area (Å²) in [6.45, 7) is 0.454. The number of phenolic OH excluding ortho intramolecular Hbond substituents is 1. The van der Waals surface area contributed by atoms with E-state index in [4.69, 9.17) is 16.6 Å². The Bertz CT molecular complexity index is 1040. The molecule has 134 valence electrons. The molecule has 0 aliphatic carbocycles. The van der Waals surface area contributed by atoms with Crippen molar-refractivity contribution in [2.45, 2.75) is 6.54 Å². The number of thiocarbonyl (C=S) groups is 1. The van der Waals surface area contributed by atoms with Crippen molar-refractivity contribution in [2.75, 3.05) is 0 Å². The molecular formula is C21H15NO3S2. The largest absolute Gasteiger partial charge is 0.508 e. The molecule has 1 aromatic heterocycles. The second kappa shape index (κ2) is 7.42. The first-order valence-corrected chi connectivity index (χ1v) is 9.51. The molecule has 0 saturated carbocycles. The molecule has 3 aromatic rings. The number of hydrogen-bond acceptors (Lipinski definition) is 5. The highest BCUT2D eigenvalue weighted by Gasteiger charge is 2.32. The number of aromatic hydroxyl groups is 1. The van der Waals surface area contributed by atoms with Crippen molar-refractivity contribution < 1.29 is 14.3 Å². The summed E-state index contributed by atoms with van der Waals surface area (Å²) in [5, 5.41) is 9.60. The van der Waals surface area contributed by atoms with E-state index in [1.165, 1.54) is 11.8 Å². The number of phenols is 1. The Labute approximate surface area is 166 Å². The second-order valence-electron chi connectivity index (χ2n) is 6.01. The molecule has 1 N–H and O–H groups in total. The first kappa shape index (κ1) is 17.6. The number of thioether (sulfide) groups is 1. The van der Waals surface area contributed by atoms with Gasteiger partial charge in [0.15, 0.2) is 0 Å². The maximum absolute atomic E-state index is 12.7. The van der Waals surface area contributed by atoms with E-state index in [9.17, 15) is 9.90 Å². The van der Waals surface area contributed by atoms with Gasteiger partial charge in [0, 0.05) is 11.6 Å². The van der Waals surface area contributed by atoms with Gasteiger partial charge >= 0.3 is 0 Å². The van der Waals surface area contributed by atoms with Crippen LogP contribution in [0.5, 0.6) is 5.75 Å². The number of furan rings is 1. The number of amides is 1. The monoisotopic (exact) mass is 393 g/mol. The van der Waals surface area contributed by atoms with Gasteiger partial charge in [0.2, 0.25) is 0 Å². The minimum absolute atomic E-state index is 0.121. The molecule has 1 aliphatic heterocycles. The molecule has 2 heterocycles. The average Bonchev–Trinajstić information content (AvgIpc) is 3.23. The van der Waals surface area contributed by atoms with Gasteiger partial charge in [-0.1, -0.05) is 66.4 Å². The lowest BCUT2D eigenvalue weighted by molar-refractivity contribution is -0.122. The van der Waals surface area contributed by atoms with Crippen LogP contribution in [0.2, 0.25) is 0 Å². The lowest BCUT2D eigenvalue weighted by Gasteiger charge is -2.14. The first-order valence-electron chi connectivity index (χ1n) is 8.29. The van der Waals surface area contributed by atoms with E-state index in [2.05, 4.69) is 0 Å². The zero-order valence-electron chi connectivity index (χ0n) is 14.2. The van der Waals surface area contributed by atoms with Crippen LogP contribution in [-0.2, 0) is 11.3 Å². The van der Waals surface area contributed by atoms with Crippen LogP contribution in [0.3, 0.4) is 0 Å². The fraction of sp³-hybridized carbons (Fsp3) is 0.0476. The summed E-state index contributed by atoms with van der Waals surface area (Å²) < 4.78 is 6.35. The molecule has 1 saturated heterocycles. The lowest BCUT2D eigenvalue weighted by Crippen LogP contribution is -2.27. The minimum Gasteiger partial charge on any atom is -0.508 e. The van der Waals surface area contributed by atoms with Crippen LogP contribution < -0.4 is 0 Å². The Morgan fingerprint density at radius 1 is 1.07 bits per heavy atom. The van der Waals surface area contributed by atoms with Gasteiger partial charge in [0.25, 0.3) is 5.91 Å².